The normalized spacial score (nSPS) is 17.1. The van der Waals surface area contributed by atoms with Gasteiger partial charge in [0, 0.05) is 29.5 Å². The molecule has 0 aromatic heterocycles. The van der Waals surface area contributed by atoms with E-state index in [4.69, 9.17) is 23.7 Å². The molecule has 0 radical (unpaired) electrons. The van der Waals surface area contributed by atoms with Crippen molar-refractivity contribution >= 4 is 11.6 Å². The molecular formula is C33H32O5. The van der Waals surface area contributed by atoms with Crippen LogP contribution in [0.4, 0.5) is 0 Å². The van der Waals surface area contributed by atoms with Gasteiger partial charge in [0.05, 0.1) is 35.5 Å². The second kappa shape index (κ2) is 10.9. The molecule has 194 valence electrons. The molecule has 0 saturated carbocycles. The Morgan fingerprint density at radius 1 is 0.526 bits per heavy atom. The summed E-state index contributed by atoms with van der Waals surface area (Å²) in [5.41, 5.74) is 6.74. The average Bonchev–Trinajstić information content (AvgIpc) is 3.30. The van der Waals surface area contributed by atoms with Crippen LogP contribution in [0.2, 0.25) is 0 Å². The Morgan fingerprint density at radius 3 is 1.71 bits per heavy atom. The second-order valence-corrected chi connectivity index (χ2v) is 9.18. The minimum Gasteiger partial charge on any atom is -0.497 e. The molecule has 1 aliphatic rings. The maximum atomic E-state index is 5.98. The Morgan fingerprint density at radius 2 is 1.13 bits per heavy atom. The van der Waals surface area contributed by atoms with Gasteiger partial charge in [0.2, 0.25) is 0 Å². The number of hydrogen-bond donors (Lipinski definition) is 0. The lowest BCUT2D eigenvalue weighted by Gasteiger charge is -2.24. The predicted octanol–water partition coefficient (Wildman–Crippen LogP) is 7.20. The third-order valence-electron chi connectivity index (χ3n) is 7.19. The van der Waals surface area contributed by atoms with Gasteiger partial charge in [0.1, 0.15) is 28.7 Å². The molecule has 0 unspecified atom stereocenters. The Balaban J connectivity index is 1.83. The average molecular weight is 509 g/mol. The van der Waals surface area contributed by atoms with Gasteiger partial charge in [0.25, 0.3) is 0 Å². The molecule has 0 N–H and O–H groups in total. The third-order valence-corrected chi connectivity index (χ3v) is 7.19. The molecule has 0 fully saturated rings. The van der Waals surface area contributed by atoms with E-state index < -0.39 is 0 Å². The van der Waals surface area contributed by atoms with Gasteiger partial charge < -0.3 is 23.7 Å². The van der Waals surface area contributed by atoms with Gasteiger partial charge in [-0.2, -0.15) is 0 Å². The molecule has 5 rings (SSSR count). The van der Waals surface area contributed by atoms with Gasteiger partial charge in [-0.1, -0.05) is 48.5 Å². The SMILES string of the molecule is COc1ccc(/C=C2/c3cc(OC)cc(OC)c3[C@@H](c3ccccc3)[C@@H]2c2cc(OC)cc(OC)c2)cc1. The molecule has 0 bridgehead atoms. The van der Waals surface area contributed by atoms with Gasteiger partial charge in [0.15, 0.2) is 0 Å². The number of rotatable bonds is 8. The number of allylic oxidation sites excluding steroid dienone is 1. The molecule has 4 aromatic carbocycles. The van der Waals surface area contributed by atoms with E-state index in [1.165, 1.54) is 5.56 Å². The summed E-state index contributed by atoms with van der Waals surface area (Å²) in [6, 6.07) is 28.8. The number of benzene rings is 4. The quantitative estimate of drug-likeness (QED) is 0.252. The van der Waals surface area contributed by atoms with Crippen LogP contribution in [-0.2, 0) is 0 Å². The first-order valence-corrected chi connectivity index (χ1v) is 12.5. The fourth-order valence-corrected chi connectivity index (χ4v) is 5.41. The molecule has 38 heavy (non-hydrogen) atoms. The molecule has 4 aromatic rings. The summed E-state index contributed by atoms with van der Waals surface area (Å²) in [5.74, 6) is 3.81. The van der Waals surface area contributed by atoms with Crippen LogP contribution >= 0.6 is 0 Å². The predicted molar refractivity (Wildman–Crippen MR) is 151 cm³/mol. The first kappa shape index (κ1) is 25.3. The molecule has 1 aliphatic carbocycles. The van der Waals surface area contributed by atoms with Gasteiger partial charge in [-0.25, -0.2) is 0 Å². The zero-order chi connectivity index (χ0) is 26.6. The minimum absolute atomic E-state index is 0.00614. The van der Waals surface area contributed by atoms with Gasteiger partial charge in [-0.05, 0) is 58.2 Å². The van der Waals surface area contributed by atoms with Crippen LogP contribution in [-0.4, -0.2) is 35.5 Å². The summed E-state index contributed by atoms with van der Waals surface area (Å²) >= 11 is 0. The smallest absolute Gasteiger partial charge is 0.127 e. The summed E-state index contributed by atoms with van der Waals surface area (Å²) in [6.07, 6.45) is 2.25. The fourth-order valence-electron chi connectivity index (χ4n) is 5.41. The largest absolute Gasteiger partial charge is 0.497 e. The molecule has 0 amide bonds. The molecule has 0 saturated heterocycles. The van der Waals surface area contributed by atoms with Gasteiger partial charge >= 0.3 is 0 Å². The monoisotopic (exact) mass is 508 g/mol. The Bertz CT molecular complexity index is 1420. The highest BCUT2D eigenvalue weighted by atomic mass is 16.5. The van der Waals surface area contributed by atoms with Crippen molar-refractivity contribution in [3.63, 3.8) is 0 Å². The van der Waals surface area contributed by atoms with Crippen molar-refractivity contribution < 1.29 is 23.7 Å². The molecule has 5 nitrogen and oxygen atoms in total. The van der Waals surface area contributed by atoms with Gasteiger partial charge in [-0.15, -0.1) is 0 Å². The fraction of sp³-hybridized carbons (Fsp3) is 0.212. The molecule has 0 spiro atoms. The van der Waals surface area contributed by atoms with Crippen LogP contribution < -0.4 is 23.7 Å². The van der Waals surface area contributed by atoms with Crippen molar-refractivity contribution in [3.05, 3.63) is 113 Å². The molecule has 5 heteroatoms. The lowest BCUT2D eigenvalue weighted by molar-refractivity contribution is 0.389. The van der Waals surface area contributed by atoms with Crippen LogP contribution in [0, 0.1) is 0 Å². The van der Waals surface area contributed by atoms with E-state index in [0.29, 0.717) is 0 Å². The van der Waals surface area contributed by atoms with Gasteiger partial charge in [-0.3, -0.25) is 0 Å². The molecule has 0 aliphatic heterocycles. The highest BCUT2D eigenvalue weighted by Gasteiger charge is 2.41. The summed E-state index contributed by atoms with van der Waals surface area (Å²) in [4.78, 5) is 0. The van der Waals surface area contributed by atoms with E-state index in [0.717, 1.165) is 56.6 Å². The Kier molecular flexibility index (Phi) is 7.27. The number of ether oxygens (including phenoxy) is 5. The highest BCUT2D eigenvalue weighted by molar-refractivity contribution is 5.93. The lowest BCUT2D eigenvalue weighted by atomic mass is 9.79. The van der Waals surface area contributed by atoms with Crippen molar-refractivity contribution in [2.24, 2.45) is 0 Å². The first-order chi connectivity index (χ1) is 18.6. The first-order valence-electron chi connectivity index (χ1n) is 12.5. The molecule has 0 heterocycles. The van der Waals surface area contributed by atoms with Crippen LogP contribution in [0.25, 0.3) is 11.6 Å². The van der Waals surface area contributed by atoms with Crippen LogP contribution in [0.3, 0.4) is 0 Å². The van der Waals surface area contributed by atoms with Crippen molar-refractivity contribution in [3.8, 4) is 28.7 Å². The Hall–Kier alpha value is -4.38. The zero-order valence-corrected chi connectivity index (χ0v) is 22.4. The zero-order valence-electron chi connectivity index (χ0n) is 22.4. The summed E-state index contributed by atoms with van der Waals surface area (Å²) in [6.45, 7) is 0. The highest BCUT2D eigenvalue weighted by Crippen LogP contribution is 2.59. The molecular weight excluding hydrogens is 476 g/mol. The Labute approximate surface area is 224 Å². The van der Waals surface area contributed by atoms with E-state index >= 15 is 0 Å². The number of hydrogen-bond acceptors (Lipinski definition) is 5. The second-order valence-electron chi connectivity index (χ2n) is 9.18. The topological polar surface area (TPSA) is 46.2 Å². The van der Waals surface area contributed by atoms with Crippen LogP contribution in [0.5, 0.6) is 28.7 Å². The van der Waals surface area contributed by atoms with Crippen LogP contribution in [0.15, 0.2) is 84.9 Å². The third kappa shape index (κ3) is 4.68. The summed E-state index contributed by atoms with van der Waals surface area (Å²) < 4.78 is 28.4. The lowest BCUT2D eigenvalue weighted by Crippen LogP contribution is -2.09. The van der Waals surface area contributed by atoms with Crippen LogP contribution in [0.1, 0.15) is 39.7 Å². The van der Waals surface area contributed by atoms with E-state index in [2.05, 4.69) is 60.7 Å². The van der Waals surface area contributed by atoms with E-state index in [1.54, 1.807) is 35.5 Å². The maximum Gasteiger partial charge on any atom is 0.127 e. The van der Waals surface area contributed by atoms with Crippen molar-refractivity contribution in [2.45, 2.75) is 11.8 Å². The summed E-state index contributed by atoms with van der Waals surface area (Å²) in [7, 11) is 8.43. The minimum atomic E-state index is -0.0421. The maximum absolute atomic E-state index is 5.98. The van der Waals surface area contributed by atoms with Crippen molar-refractivity contribution in [2.75, 3.05) is 35.5 Å². The van der Waals surface area contributed by atoms with E-state index in [1.807, 2.05) is 30.3 Å². The summed E-state index contributed by atoms with van der Waals surface area (Å²) in [5, 5.41) is 0. The van der Waals surface area contributed by atoms with E-state index in [9.17, 15) is 0 Å². The van der Waals surface area contributed by atoms with Crippen molar-refractivity contribution in [1.29, 1.82) is 0 Å². The standard InChI is InChI=1S/C33H32O5/c1-34-24-13-11-21(12-14-24)15-28-29-19-27(37-4)20-30(38-5)33(29)32(22-9-7-6-8-10-22)31(28)23-16-25(35-2)18-26(17-23)36-3/h6-20,31-32H,1-5H3/b28-15-/t31-,32+/m1/s1. The number of methoxy groups -OCH3 is 5. The molecule has 2 atom stereocenters. The van der Waals surface area contributed by atoms with E-state index in [-0.39, 0.29) is 11.8 Å². The van der Waals surface area contributed by atoms with Crippen molar-refractivity contribution in [1.82, 2.24) is 0 Å². The number of fused-ring (bicyclic) bond motifs is 1.